The molecule has 0 saturated heterocycles. The van der Waals surface area contributed by atoms with Gasteiger partial charge in [-0.05, 0) is 24.1 Å². The van der Waals surface area contributed by atoms with Crippen LogP contribution in [0.1, 0.15) is 18.2 Å². The van der Waals surface area contributed by atoms with Crippen LogP contribution in [0.25, 0.3) is 11.3 Å². The molecule has 2 aromatic carbocycles. The van der Waals surface area contributed by atoms with Gasteiger partial charge >= 0.3 is 6.09 Å². The first-order valence-corrected chi connectivity index (χ1v) is 9.46. The van der Waals surface area contributed by atoms with Crippen molar-refractivity contribution < 1.29 is 23.7 Å². The van der Waals surface area contributed by atoms with Crippen molar-refractivity contribution in [3.05, 3.63) is 53.7 Å². The van der Waals surface area contributed by atoms with Gasteiger partial charge in [-0.1, -0.05) is 37.3 Å². The van der Waals surface area contributed by atoms with E-state index in [0.29, 0.717) is 40.6 Å². The molecule has 0 fully saturated rings. The molecular formula is C22H25N3O5. The first-order chi connectivity index (χ1) is 14.6. The highest BCUT2D eigenvalue weighted by Gasteiger charge is 2.21. The number of aryl methyl sites for hydroxylation is 1. The first-order valence-electron chi connectivity index (χ1n) is 9.46. The molecule has 8 nitrogen and oxygen atoms in total. The maximum atomic E-state index is 12.4. The Kier molecular flexibility index (Phi) is 6.79. The minimum Gasteiger partial charge on any atom is -0.493 e. The maximum Gasteiger partial charge on any atom is 0.412 e. The number of anilines is 1. The predicted octanol–water partition coefficient (Wildman–Crippen LogP) is 4.41. The number of hydrogen-bond donors (Lipinski definition) is 2. The number of carbonyl (C=O) groups is 1. The summed E-state index contributed by atoms with van der Waals surface area (Å²) in [4.78, 5) is 12.4. The summed E-state index contributed by atoms with van der Waals surface area (Å²) >= 11 is 0. The number of aromatic nitrogens is 2. The van der Waals surface area contributed by atoms with Crippen LogP contribution in [-0.4, -0.2) is 37.6 Å². The van der Waals surface area contributed by atoms with Gasteiger partial charge in [0, 0.05) is 5.56 Å². The third-order valence-electron chi connectivity index (χ3n) is 4.57. The lowest BCUT2D eigenvalue weighted by atomic mass is 10.1. The molecule has 0 aliphatic carbocycles. The molecule has 0 aliphatic heterocycles. The Morgan fingerprint density at radius 3 is 2.27 bits per heavy atom. The molecule has 8 heteroatoms. The second-order valence-electron chi connectivity index (χ2n) is 6.38. The molecule has 0 aliphatic rings. The molecule has 158 valence electrons. The SMILES string of the molecule is CCc1[nH]nc(-c2cc(OC)c(OC)c(OC)c2)c1NC(=O)OCc1ccccc1. The lowest BCUT2D eigenvalue weighted by Gasteiger charge is -2.14. The average molecular weight is 411 g/mol. The molecule has 0 radical (unpaired) electrons. The molecule has 1 aromatic heterocycles. The van der Waals surface area contributed by atoms with Gasteiger partial charge in [0.2, 0.25) is 5.75 Å². The van der Waals surface area contributed by atoms with Gasteiger partial charge in [-0.25, -0.2) is 4.79 Å². The van der Waals surface area contributed by atoms with Crippen LogP contribution in [0.15, 0.2) is 42.5 Å². The maximum absolute atomic E-state index is 12.4. The fraction of sp³-hybridized carbons (Fsp3) is 0.273. The van der Waals surface area contributed by atoms with Crippen LogP contribution in [0.4, 0.5) is 10.5 Å². The van der Waals surface area contributed by atoms with Crippen LogP contribution in [0, 0.1) is 0 Å². The van der Waals surface area contributed by atoms with E-state index in [4.69, 9.17) is 18.9 Å². The molecule has 0 spiro atoms. The standard InChI is InChI=1S/C22H25N3O5/c1-5-16-20(23-22(26)30-13-14-9-7-6-8-10-14)19(25-24-16)15-11-17(27-2)21(29-4)18(12-15)28-3/h6-12H,5,13H2,1-4H3,(H,23,26)(H,24,25). The van der Waals surface area contributed by atoms with Crippen molar-refractivity contribution in [2.45, 2.75) is 20.0 Å². The van der Waals surface area contributed by atoms with Crippen LogP contribution in [0.2, 0.25) is 0 Å². The van der Waals surface area contributed by atoms with Crippen molar-refractivity contribution in [2.75, 3.05) is 26.6 Å². The van der Waals surface area contributed by atoms with E-state index in [2.05, 4.69) is 15.5 Å². The normalized spacial score (nSPS) is 10.4. The molecule has 0 unspecified atom stereocenters. The van der Waals surface area contributed by atoms with Crippen molar-refractivity contribution in [1.29, 1.82) is 0 Å². The fourth-order valence-electron chi connectivity index (χ4n) is 3.06. The van der Waals surface area contributed by atoms with Crippen LogP contribution in [0.3, 0.4) is 0 Å². The van der Waals surface area contributed by atoms with E-state index in [0.717, 1.165) is 11.3 Å². The molecule has 30 heavy (non-hydrogen) atoms. The van der Waals surface area contributed by atoms with Crippen LogP contribution >= 0.6 is 0 Å². The molecule has 1 amide bonds. The fourth-order valence-corrected chi connectivity index (χ4v) is 3.06. The summed E-state index contributed by atoms with van der Waals surface area (Å²) in [6.45, 7) is 2.14. The highest BCUT2D eigenvalue weighted by molar-refractivity contribution is 5.92. The summed E-state index contributed by atoms with van der Waals surface area (Å²) < 4.78 is 21.6. The second kappa shape index (κ2) is 9.69. The molecule has 1 heterocycles. The molecule has 0 bridgehead atoms. The topological polar surface area (TPSA) is 94.7 Å². The summed E-state index contributed by atoms with van der Waals surface area (Å²) in [5.41, 5.74) is 3.46. The quantitative estimate of drug-likeness (QED) is 0.570. The van der Waals surface area contributed by atoms with E-state index in [1.807, 2.05) is 37.3 Å². The summed E-state index contributed by atoms with van der Waals surface area (Å²) in [5.74, 6) is 1.46. The highest BCUT2D eigenvalue weighted by atomic mass is 16.5. The van der Waals surface area contributed by atoms with E-state index in [-0.39, 0.29) is 6.61 Å². The zero-order chi connectivity index (χ0) is 21.5. The number of aromatic amines is 1. The predicted molar refractivity (Wildman–Crippen MR) is 113 cm³/mol. The van der Waals surface area contributed by atoms with Crippen molar-refractivity contribution in [3.8, 4) is 28.5 Å². The molecule has 3 rings (SSSR count). The Bertz CT molecular complexity index is 976. The van der Waals surface area contributed by atoms with Gasteiger partial charge in [0.1, 0.15) is 12.3 Å². The molecule has 0 saturated carbocycles. The lowest BCUT2D eigenvalue weighted by molar-refractivity contribution is 0.155. The Labute approximate surface area is 175 Å². The van der Waals surface area contributed by atoms with E-state index in [1.54, 1.807) is 33.5 Å². The third-order valence-corrected chi connectivity index (χ3v) is 4.57. The Morgan fingerprint density at radius 2 is 1.70 bits per heavy atom. The van der Waals surface area contributed by atoms with E-state index in [1.165, 1.54) is 0 Å². The van der Waals surface area contributed by atoms with E-state index in [9.17, 15) is 4.79 Å². The van der Waals surface area contributed by atoms with E-state index < -0.39 is 6.09 Å². The first kappa shape index (κ1) is 21.0. The monoisotopic (exact) mass is 411 g/mol. The van der Waals surface area contributed by atoms with Crippen molar-refractivity contribution in [1.82, 2.24) is 10.2 Å². The van der Waals surface area contributed by atoms with Crippen LogP contribution in [-0.2, 0) is 17.8 Å². The van der Waals surface area contributed by atoms with Gasteiger partial charge in [0.05, 0.1) is 32.7 Å². The minimum atomic E-state index is -0.566. The largest absolute Gasteiger partial charge is 0.493 e. The lowest BCUT2D eigenvalue weighted by Crippen LogP contribution is -2.14. The van der Waals surface area contributed by atoms with Gasteiger partial charge in [-0.3, -0.25) is 10.4 Å². The number of nitrogens with zero attached hydrogens (tertiary/aromatic N) is 1. The van der Waals surface area contributed by atoms with Gasteiger partial charge in [0.25, 0.3) is 0 Å². The summed E-state index contributed by atoms with van der Waals surface area (Å²) in [6.07, 6.45) is 0.0785. The summed E-state index contributed by atoms with van der Waals surface area (Å²) in [6, 6.07) is 13.0. The number of nitrogens with one attached hydrogen (secondary N) is 2. The van der Waals surface area contributed by atoms with Gasteiger partial charge in [0.15, 0.2) is 11.5 Å². The Morgan fingerprint density at radius 1 is 1.03 bits per heavy atom. The summed E-state index contributed by atoms with van der Waals surface area (Å²) in [5, 5.41) is 10.2. The van der Waals surface area contributed by atoms with Crippen molar-refractivity contribution in [3.63, 3.8) is 0 Å². The number of hydrogen-bond acceptors (Lipinski definition) is 6. The number of methoxy groups -OCH3 is 3. The smallest absolute Gasteiger partial charge is 0.412 e. The number of H-pyrrole nitrogens is 1. The minimum absolute atomic E-state index is 0.172. The number of amides is 1. The zero-order valence-corrected chi connectivity index (χ0v) is 17.4. The summed E-state index contributed by atoms with van der Waals surface area (Å²) in [7, 11) is 4.63. The van der Waals surface area contributed by atoms with Crippen LogP contribution in [0.5, 0.6) is 17.2 Å². The molecule has 0 atom stereocenters. The Balaban J connectivity index is 1.89. The third kappa shape index (κ3) is 4.48. The van der Waals surface area contributed by atoms with Crippen molar-refractivity contribution >= 4 is 11.8 Å². The Hall–Kier alpha value is -3.68. The van der Waals surface area contributed by atoms with E-state index >= 15 is 0 Å². The average Bonchev–Trinajstić information content (AvgIpc) is 3.19. The van der Waals surface area contributed by atoms with Gasteiger partial charge in [-0.2, -0.15) is 5.10 Å². The van der Waals surface area contributed by atoms with Crippen LogP contribution < -0.4 is 19.5 Å². The number of carbonyl (C=O) groups excluding carboxylic acids is 1. The highest BCUT2D eigenvalue weighted by Crippen LogP contribution is 2.42. The van der Waals surface area contributed by atoms with Crippen molar-refractivity contribution in [2.24, 2.45) is 0 Å². The zero-order valence-electron chi connectivity index (χ0n) is 17.4. The second-order valence-corrected chi connectivity index (χ2v) is 6.38. The number of rotatable bonds is 8. The number of ether oxygens (including phenoxy) is 4. The molecule has 3 aromatic rings. The van der Waals surface area contributed by atoms with Gasteiger partial charge in [-0.15, -0.1) is 0 Å². The number of benzene rings is 2. The van der Waals surface area contributed by atoms with Gasteiger partial charge < -0.3 is 18.9 Å². The molecule has 2 N–H and O–H groups in total. The molecular weight excluding hydrogens is 386 g/mol.